The van der Waals surface area contributed by atoms with Crippen LogP contribution >= 0.6 is 0 Å². The summed E-state index contributed by atoms with van der Waals surface area (Å²) in [7, 11) is 0. The van der Waals surface area contributed by atoms with Crippen molar-refractivity contribution in [1.82, 2.24) is 0 Å². The molecule has 0 aliphatic heterocycles. The van der Waals surface area contributed by atoms with Crippen LogP contribution in [0.2, 0.25) is 0 Å². The molecule has 28 heavy (non-hydrogen) atoms. The van der Waals surface area contributed by atoms with E-state index in [0.717, 1.165) is 22.3 Å². The number of nitrogen functional groups attached to an aromatic ring is 2. The Morgan fingerprint density at radius 3 is 1.04 bits per heavy atom. The zero-order valence-electron chi connectivity index (χ0n) is 17.9. The number of anilines is 2. The van der Waals surface area contributed by atoms with Crippen LogP contribution in [0, 0.1) is 0 Å². The molecule has 0 aliphatic rings. The van der Waals surface area contributed by atoms with Crippen molar-refractivity contribution < 1.29 is 0 Å². The first-order valence-corrected chi connectivity index (χ1v) is 9.87. The Balaban J connectivity index is 2.11. The molecule has 2 nitrogen and oxygen atoms in total. The predicted molar refractivity (Wildman–Crippen MR) is 124 cm³/mol. The second-order valence-corrected chi connectivity index (χ2v) is 9.68. The summed E-state index contributed by atoms with van der Waals surface area (Å²) in [4.78, 5) is 0. The van der Waals surface area contributed by atoms with Crippen molar-refractivity contribution in [2.45, 2.75) is 52.4 Å². The minimum Gasteiger partial charge on any atom is -0.397 e. The summed E-state index contributed by atoms with van der Waals surface area (Å²) < 4.78 is 0. The van der Waals surface area contributed by atoms with Gasteiger partial charge in [-0.1, -0.05) is 90.1 Å². The average Bonchev–Trinajstić information content (AvgIpc) is 2.62. The quantitative estimate of drug-likeness (QED) is 0.487. The second kappa shape index (κ2) is 7.01. The van der Waals surface area contributed by atoms with Crippen molar-refractivity contribution >= 4 is 11.4 Å². The highest BCUT2D eigenvalue weighted by Crippen LogP contribution is 2.38. The van der Waals surface area contributed by atoms with Crippen LogP contribution in [0.1, 0.15) is 52.7 Å². The predicted octanol–water partition coefficient (Wildman–Crippen LogP) is 6.78. The third-order valence-corrected chi connectivity index (χ3v) is 5.35. The molecule has 3 rings (SSSR count). The average molecular weight is 373 g/mol. The summed E-state index contributed by atoms with van der Waals surface area (Å²) in [6.45, 7) is 13.4. The Morgan fingerprint density at radius 1 is 0.500 bits per heavy atom. The molecule has 3 aromatic rings. The summed E-state index contributed by atoms with van der Waals surface area (Å²) in [6, 6.07) is 21.5. The normalized spacial score (nSPS) is 12.2. The van der Waals surface area contributed by atoms with Gasteiger partial charge in [0.15, 0.2) is 0 Å². The molecule has 4 N–H and O–H groups in total. The number of hydrogen-bond acceptors (Lipinski definition) is 2. The molecule has 0 unspecified atom stereocenters. The molecule has 0 amide bonds. The Kier molecular flexibility index (Phi) is 5.01. The van der Waals surface area contributed by atoms with Crippen LogP contribution in [-0.4, -0.2) is 0 Å². The van der Waals surface area contributed by atoms with Gasteiger partial charge in [0.05, 0.1) is 11.4 Å². The first kappa shape index (κ1) is 20.0. The van der Waals surface area contributed by atoms with Crippen molar-refractivity contribution in [2.75, 3.05) is 11.5 Å². The molecular formula is C26H32N2. The van der Waals surface area contributed by atoms with Gasteiger partial charge in [0.2, 0.25) is 0 Å². The minimum atomic E-state index is 0.129. The molecule has 0 bridgehead atoms. The summed E-state index contributed by atoms with van der Waals surface area (Å²) in [6.07, 6.45) is 0. The molecule has 146 valence electrons. The van der Waals surface area contributed by atoms with Crippen LogP contribution in [0.4, 0.5) is 11.4 Å². The lowest BCUT2D eigenvalue weighted by molar-refractivity contribution is 0.590. The van der Waals surface area contributed by atoms with Crippen LogP contribution in [0.5, 0.6) is 0 Å². The molecule has 0 fully saturated rings. The van der Waals surface area contributed by atoms with Crippen molar-refractivity contribution in [3.8, 4) is 22.3 Å². The number of nitrogens with two attached hydrogens (primary N) is 2. The van der Waals surface area contributed by atoms with Crippen molar-refractivity contribution in [1.29, 1.82) is 0 Å². The smallest absolute Gasteiger partial charge is 0.0554 e. The Morgan fingerprint density at radius 2 is 0.786 bits per heavy atom. The Hall–Kier alpha value is -2.74. The zero-order chi connectivity index (χ0) is 20.7. The van der Waals surface area contributed by atoms with E-state index in [1.807, 2.05) is 12.1 Å². The molecule has 0 saturated carbocycles. The molecule has 0 radical (unpaired) electrons. The van der Waals surface area contributed by atoms with Crippen molar-refractivity contribution in [3.63, 3.8) is 0 Å². The summed E-state index contributed by atoms with van der Waals surface area (Å²) in [5, 5.41) is 0. The molecule has 0 spiro atoms. The maximum atomic E-state index is 6.16. The summed E-state index contributed by atoms with van der Waals surface area (Å²) in [5.74, 6) is 0. The van der Waals surface area contributed by atoms with Gasteiger partial charge in [-0.05, 0) is 56.3 Å². The molecular weight excluding hydrogens is 340 g/mol. The van der Waals surface area contributed by atoms with Crippen LogP contribution < -0.4 is 11.5 Å². The van der Waals surface area contributed by atoms with Gasteiger partial charge < -0.3 is 11.5 Å². The lowest BCUT2D eigenvalue weighted by Gasteiger charge is -2.21. The van der Waals surface area contributed by atoms with Gasteiger partial charge in [-0.15, -0.1) is 0 Å². The maximum absolute atomic E-state index is 6.16. The van der Waals surface area contributed by atoms with E-state index in [4.69, 9.17) is 11.5 Å². The lowest BCUT2D eigenvalue weighted by Crippen LogP contribution is -2.10. The number of hydrogen-bond donors (Lipinski definition) is 2. The molecule has 0 aliphatic carbocycles. The fourth-order valence-corrected chi connectivity index (χ4v) is 3.41. The fraction of sp³-hybridized carbons (Fsp3) is 0.308. The molecule has 0 heterocycles. The molecule has 0 aromatic heterocycles. The first-order valence-electron chi connectivity index (χ1n) is 9.87. The minimum absolute atomic E-state index is 0.129. The van der Waals surface area contributed by atoms with Gasteiger partial charge in [-0.25, -0.2) is 0 Å². The molecule has 0 atom stereocenters. The van der Waals surface area contributed by atoms with E-state index in [2.05, 4.69) is 90.1 Å². The van der Waals surface area contributed by atoms with Gasteiger partial charge in [0, 0.05) is 0 Å². The highest BCUT2D eigenvalue weighted by Gasteiger charge is 2.17. The zero-order valence-corrected chi connectivity index (χ0v) is 17.9. The van der Waals surface area contributed by atoms with Crippen LogP contribution in [0.3, 0.4) is 0 Å². The first-order chi connectivity index (χ1) is 13.0. The highest BCUT2D eigenvalue weighted by molar-refractivity contribution is 5.89. The van der Waals surface area contributed by atoms with E-state index in [1.54, 1.807) is 0 Å². The van der Waals surface area contributed by atoms with Gasteiger partial charge in [-0.3, -0.25) is 0 Å². The summed E-state index contributed by atoms with van der Waals surface area (Å²) in [5.41, 5.74) is 21.0. The van der Waals surface area contributed by atoms with E-state index in [9.17, 15) is 0 Å². The third-order valence-electron chi connectivity index (χ3n) is 5.35. The topological polar surface area (TPSA) is 52.0 Å². The Labute approximate surface area is 169 Å². The summed E-state index contributed by atoms with van der Waals surface area (Å²) >= 11 is 0. The van der Waals surface area contributed by atoms with E-state index in [0.29, 0.717) is 11.4 Å². The SMILES string of the molecule is CC(C)(C)c1ccc(-c2cc(N)c(N)cc2-c2ccc(C(C)(C)C)cc2)cc1. The van der Waals surface area contributed by atoms with Crippen LogP contribution in [0.25, 0.3) is 22.3 Å². The van der Waals surface area contributed by atoms with Crippen molar-refractivity contribution in [3.05, 3.63) is 71.8 Å². The molecule has 3 aromatic carbocycles. The van der Waals surface area contributed by atoms with Crippen LogP contribution in [0.15, 0.2) is 60.7 Å². The van der Waals surface area contributed by atoms with Gasteiger partial charge >= 0.3 is 0 Å². The number of benzene rings is 3. The number of rotatable bonds is 2. The molecule has 2 heteroatoms. The van der Waals surface area contributed by atoms with Crippen molar-refractivity contribution in [2.24, 2.45) is 0 Å². The van der Waals surface area contributed by atoms with Gasteiger partial charge in [-0.2, -0.15) is 0 Å². The monoisotopic (exact) mass is 372 g/mol. The van der Waals surface area contributed by atoms with Gasteiger partial charge in [0.25, 0.3) is 0 Å². The van der Waals surface area contributed by atoms with E-state index in [-0.39, 0.29) is 10.8 Å². The van der Waals surface area contributed by atoms with E-state index in [1.165, 1.54) is 11.1 Å². The highest BCUT2D eigenvalue weighted by atomic mass is 14.7. The molecule has 0 saturated heterocycles. The second-order valence-electron chi connectivity index (χ2n) is 9.68. The maximum Gasteiger partial charge on any atom is 0.0554 e. The van der Waals surface area contributed by atoms with Gasteiger partial charge in [0.1, 0.15) is 0 Å². The van der Waals surface area contributed by atoms with Crippen LogP contribution in [-0.2, 0) is 10.8 Å². The third kappa shape index (κ3) is 4.06. The fourth-order valence-electron chi connectivity index (χ4n) is 3.41. The Bertz CT molecular complexity index is 885. The lowest BCUT2D eigenvalue weighted by atomic mass is 9.84. The van der Waals surface area contributed by atoms with E-state index >= 15 is 0 Å². The largest absolute Gasteiger partial charge is 0.397 e. The van der Waals surface area contributed by atoms with E-state index < -0.39 is 0 Å². The standard InChI is InChI=1S/C26H32N2/c1-25(2,3)19-11-7-17(8-12-19)21-15-23(27)24(28)16-22(21)18-9-13-20(14-10-18)26(4,5)6/h7-16H,27-28H2,1-6H3.